The number of nitrogens with one attached hydrogen (secondary N) is 2. The van der Waals surface area contributed by atoms with Crippen LogP contribution in [0.25, 0.3) is 10.8 Å². The van der Waals surface area contributed by atoms with Crippen LogP contribution in [0.4, 0.5) is 5.69 Å². The van der Waals surface area contributed by atoms with Crippen molar-refractivity contribution in [2.24, 2.45) is 0 Å². The monoisotopic (exact) mass is 284 g/mol. The van der Waals surface area contributed by atoms with Crippen LogP contribution in [0, 0.1) is 0 Å². The lowest BCUT2D eigenvalue weighted by molar-refractivity contribution is -0.122. The molecule has 0 spiro atoms. The van der Waals surface area contributed by atoms with Crippen LogP contribution >= 0.6 is 0 Å². The van der Waals surface area contributed by atoms with Gasteiger partial charge in [0.05, 0.1) is 0 Å². The molecule has 0 fully saturated rings. The van der Waals surface area contributed by atoms with Crippen LogP contribution in [0.5, 0.6) is 0 Å². The molecular formula is C18H24N2O. The highest BCUT2D eigenvalue weighted by molar-refractivity contribution is 5.95. The summed E-state index contributed by atoms with van der Waals surface area (Å²) >= 11 is 0. The first-order valence-electron chi connectivity index (χ1n) is 7.70. The Morgan fingerprint density at radius 1 is 1.05 bits per heavy atom. The molecule has 2 aromatic carbocycles. The number of hydrogen-bond acceptors (Lipinski definition) is 2. The maximum absolute atomic E-state index is 12.2. The third-order valence-corrected chi connectivity index (χ3v) is 3.89. The predicted molar refractivity (Wildman–Crippen MR) is 89.5 cm³/mol. The highest BCUT2D eigenvalue weighted by atomic mass is 16.2. The summed E-state index contributed by atoms with van der Waals surface area (Å²) < 4.78 is 0. The number of benzene rings is 2. The van der Waals surface area contributed by atoms with Crippen LogP contribution in [0.2, 0.25) is 0 Å². The van der Waals surface area contributed by atoms with Gasteiger partial charge < -0.3 is 10.6 Å². The number of fused-ring (bicyclic) bond motifs is 1. The fourth-order valence-electron chi connectivity index (χ4n) is 2.47. The second-order valence-electron chi connectivity index (χ2n) is 5.41. The average molecular weight is 284 g/mol. The topological polar surface area (TPSA) is 41.1 Å². The third kappa shape index (κ3) is 3.75. The van der Waals surface area contributed by atoms with Gasteiger partial charge >= 0.3 is 0 Å². The molecule has 0 heterocycles. The molecule has 1 amide bonds. The van der Waals surface area contributed by atoms with Gasteiger partial charge in [0.1, 0.15) is 6.04 Å². The van der Waals surface area contributed by atoms with Gasteiger partial charge in [0.15, 0.2) is 0 Å². The number of hydrogen-bond donors (Lipinski definition) is 2. The van der Waals surface area contributed by atoms with Gasteiger partial charge in [0.2, 0.25) is 5.91 Å². The van der Waals surface area contributed by atoms with Gasteiger partial charge in [-0.2, -0.15) is 0 Å². The zero-order valence-corrected chi connectivity index (χ0v) is 13.0. The molecule has 21 heavy (non-hydrogen) atoms. The standard InChI is InChI=1S/C18H24N2O/c1-4-15(5-2)20-18(21)13(3)19-17-12-8-10-14-9-6-7-11-16(14)17/h6-13,15,19H,4-5H2,1-3H3,(H,20,21). The van der Waals surface area contributed by atoms with E-state index in [0.717, 1.165) is 23.9 Å². The maximum Gasteiger partial charge on any atom is 0.242 e. The molecule has 0 aliphatic carbocycles. The van der Waals surface area contributed by atoms with Crippen molar-refractivity contribution >= 4 is 22.4 Å². The summed E-state index contributed by atoms with van der Waals surface area (Å²) in [6, 6.07) is 14.3. The number of rotatable bonds is 6. The molecule has 3 heteroatoms. The summed E-state index contributed by atoms with van der Waals surface area (Å²) in [4.78, 5) is 12.2. The highest BCUT2D eigenvalue weighted by Gasteiger charge is 2.16. The van der Waals surface area contributed by atoms with Gasteiger partial charge in [-0.15, -0.1) is 0 Å². The number of amides is 1. The van der Waals surface area contributed by atoms with E-state index in [-0.39, 0.29) is 18.0 Å². The fraction of sp³-hybridized carbons (Fsp3) is 0.389. The number of carbonyl (C=O) groups excluding carboxylic acids is 1. The number of anilines is 1. The van der Waals surface area contributed by atoms with E-state index < -0.39 is 0 Å². The second kappa shape index (κ2) is 7.11. The zero-order chi connectivity index (χ0) is 15.2. The van der Waals surface area contributed by atoms with Crippen LogP contribution in [-0.4, -0.2) is 18.0 Å². The third-order valence-electron chi connectivity index (χ3n) is 3.89. The van der Waals surface area contributed by atoms with Gasteiger partial charge in [-0.1, -0.05) is 50.2 Å². The lowest BCUT2D eigenvalue weighted by atomic mass is 10.1. The van der Waals surface area contributed by atoms with E-state index in [4.69, 9.17) is 0 Å². The molecule has 112 valence electrons. The quantitative estimate of drug-likeness (QED) is 0.843. The maximum atomic E-state index is 12.2. The van der Waals surface area contributed by atoms with E-state index in [0.29, 0.717) is 0 Å². The Kier molecular flexibility index (Phi) is 5.20. The van der Waals surface area contributed by atoms with Crippen molar-refractivity contribution in [3.8, 4) is 0 Å². The average Bonchev–Trinajstić information content (AvgIpc) is 2.52. The summed E-state index contributed by atoms with van der Waals surface area (Å²) in [5.41, 5.74) is 1.00. The SMILES string of the molecule is CCC(CC)NC(=O)C(C)Nc1cccc2ccccc12. The molecule has 0 radical (unpaired) electrons. The minimum absolute atomic E-state index is 0.0524. The molecule has 0 saturated heterocycles. The molecular weight excluding hydrogens is 260 g/mol. The Balaban J connectivity index is 2.11. The Hall–Kier alpha value is -2.03. The summed E-state index contributed by atoms with van der Waals surface area (Å²) in [5, 5.41) is 8.73. The van der Waals surface area contributed by atoms with E-state index in [9.17, 15) is 4.79 Å². The highest BCUT2D eigenvalue weighted by Crippen LogP contribution is 2.23. The number of carbonyl (C=O) groups is 1. The Labute approximate surface area is 126 Å². The summed E-state index contributed by atoms with van der Waals surface area (Å²) in [6.45, 7) is 6.09. The van der Waals surface area contributed by atoms with Crippen molar-refractivity contribution in [1.29, 1.82) is 0 Å². The van der Waals surface area contributed by atoms with Gasteiger partial charge in [-0.3, -0.25) is 4.79 Å². The van der Waals surface area contributed by atoms with E-state index in [1.165, 1.54) is 5.39 Å². The lowest BCUT2D eigenvalue weighted by Gasteiger charge is -2.20. The molecule has 1 unspecified atom stereocenters. The summed E-state index contributed by atoms with van der Waals surface area (Å²) in [5.74, 6) is 0.0524. The smallest absolute Gasteiger partial charge is 0.242 e. The minimum Gasteiger partial charge on any atom is -0.373 e. The molecule has 0 bridgehead atoms. The predicted octanol–water partition coefficient (Wildman–Crippen LogP) is 3.95. The van der Waals surface area contributed by atoms with Crippen LogP contribution in [-0.2, 0) is 4.79 Å². The van der Waals surface area contributed by atoms with Crippen molar-refractivity contribution < 1.29 is 4.79 Å². The molecule has 0 aromatic heterocycles. The summed E-state index contributed by atoms with van der Waals surface area (Å²) in [7, 11) is 0. The first kappa shape index (κ1) is 15.4. The zero-order valence-electron chi connectivity index (χ0n) is 13.0. The Bertz CT molecular complexity index is 600. The van der Waals surface area contributed by atoms with Crippen LogP contribution in [0.1, 0.15) is 33.6 Å². The Morgan fingerprint density at radius 2 is 1.71 bits per heavy atom. The van der Waals surface area contributed by atoms with Gasteiger partial charge in [0, 0.05) is 17.1 Å². The van der Waals surface area contributed by atoms with Gasteiger partial charge in [-0.25, -0.2) is 0 Å². The van der Waals surface area contributed by atoms with E-state index in [1.54, 1.807) is 0 Å². The Morgan fingerprint density at radius 3 is 2.43 bits per heavy atom. The molecule has 2 aromatic rings. The van der Waals surface area contributed by atoms with Gasteiger partial charge in [-0.05, 0) is 31.2 Å². The van der Waals surface area contributed by atoms with Crippen LogP contribution < -0.4 is 10.6 Å². The minimum atomic E-state index is -0.253. The van der Waals surface area contributed by atoms with E-state index in [1.807, 2.05) is 31.2 Å². The van der Waals surface area contributed by atoms with Crippen molar-refractivity contribution in [1.82, 2.24) is 5.32 Å². The lowest BCUT2D eigenvalue weighted by Crippen LogP contribution is -2.42. The van der Waals surface area contributed by atoms with Crippen LogP contribution in [0.15, 0.2) is 42.5 Å². The van der Waals surface area contributed by atoms with E-state index in [2.05, 4.69) is 42.7 Å². The van der Waals surface area contributed by atoms with E-state index >= 15 is 0 Å². The molecule has 0 aliphatic rings. The normalized spacial score (nSPS) is 12.4. The molecule has 0 aliphatic heterocycles. The first-order valence-corrected chi connectivity index (χ1v) is 7.70. The van der Waals surface area contributed by atoms with Crippen LogP contribution in [0.3, 0.4) is 0 Å². The summed E-state index contributed by atoms with van der Waals surface area (Å²) in [6.07, 6.45) is 1.92. The molecule has 2 N–H and O–H groups in total. The van der Waals surface area contributed by atoms with Gasteiger partial charge in [0.25, 0.3) is 0 Å². The van der Waals surface area contributed by atoms with Crippen molar-refractivity contribution in [3.63, 3.8) is 0 Å². The molecule has 3 nitrogen and oxygen atoms in total. The molecule has 0 saturated carbocycles. The molecule has 1 atom stereocenters. The largest absolute Gasteiger partial charge is 0.373 e. The second-order valence-corrected chi connectivity index (χ2v) is 5.41. The fourth-order valence-corrected chi connectivity index (χ4v) is 2.47. The van der Waals surface area contributed by atoms with Crippen molar-refractivity contribution in [3.05, 3.63) is 42.5 Å². The first-order chi connectivity index (χ1) is 10.2. The molecule has 2 rings (SSSR count). The van der Waals surface area contributed by atoms with Crippen molar-refractivity contribution in [2.45, 2.75) is 45.7 Å². The van der Waals surface area contributed by atoms with Crippen molar-refractivity contribution in [2.75, 3.05) is 5.32 Å².